The van der Waals surface area contributed by atoms with E-state index in [-0.39, 0.29) is 17.4 Å². The molecule has 88 valence electrons. The van der Waals surface area contributed by atoms with Crippen LogP contribution >= 0.6 is 0 Å². The molecule has 2 atom stereocenters. The maximum atomic E-state index is 12.3. The van der Waals surface area contributed by atoms with Crippen LogP contribution in [0.15, 0.2) is 0 Å². The maximum absolute atomic E-state index is 12.3. The first-order valence-corrected chi connectivity index (χ1v) is 6.11. The lowest BCUT2D eigenvalue weighted by molar-refractivity contribution is -0.141. The van der Waals surface area contributed by atoms with Crippen LogP contribution in [0.2, 0.25) is 0 Å². The van der Waals surface area contributed by atoms with Gasteiger partial charge in [0, 0.05) is 19.1 Å². The Morgan fingerprint density at radius 3 is 2.60 bits per heavy atom. The quantitative estimate of drug-likeness (QED) is 0.772. The summed E-state index contributed by atoms with van der Waals surface area (Å²) >= 11 is 0. The van der Waals surface area contributed by atoms with Gasteiger partial charge in [-0.3, -0.25) is 4.79 Å². The normalized spacial score (nSPS) is 30.5. The molecule has 0 spiro atoms. The van der Waals surface area contributed by atoms with E-state index in [4.69, 9.17) is 5.73 Å². The first kappa shape index (κ1) is 12.5. The number of nitrogens with two attached hydrogens (primary N) is 1. The summed E-state index contributed by atoms with van der Waals surface area (Å²) in [6.07, 6.45) is 4.05. The Balaban J connectivity index is 2.72. The van der Waals surface area contributed by atoms with Crippen molar-refractivity contribution in [2.45, 2.75) is 52.5 Å². The van der Waals surface area contributed by atoms with E-state index in [0.29, 0.717) is 0 Å². The second-order valence-corrected chi connectivity index (χ2v) is 4.80. The fraction of sp³-hybridized carbons (Fsp3) is 0.917. The van der Waals surface area contributed by atoms with Crippen LogP contribution in [-0.2, 0) is 4.79 Å². The van der Waals surface area contributed by atoms with Crippen molar-refractivity contribution in [1.82, 2.24) is 4.90 Å². The molecule has 2 N–H and O–H groups in total. The van der Waals surface area contributed by atoms with Crippen molar-refractivity contribution in [3.63, 3.8) is 0 Å². The van der Waals surface area contributed by atoms with Gasteiger partial charge in [0.1, 0.15) is 0 Å². The Morgan fingerprint density at radius 2 is 2.20 bits per heavy atom. The number of carbonyl (C=O) groups is 1. The highest BCUT2D eigenvalue weighted by atomic mass is 16.2. The Hall–Kier alpha value is -0.570. The van der Waals surface area contributed by atoms with Crippen LogP contribution in [-0.4, -0.2) is 29.9 Å². The average molecular weight is 212 g/mol. The summed E-state index contributed by atoms with van der Waals surface area (Å²) in [5.74, 6) is 0.261. The van der Waals surface area contributed by atoms with Crippen molar-refractivity contribution < 1.29 is 4.79 Å². The number of hydrogen-bond donors (Lipinski definition) is 1. The van der Waals surface area contributed by atoms with Gasteiger partial charge in [-0.2, -0.15) is 0 Å². The minimum Gasteiger partial charge on any atom is -0.342 e. The molecule has 0 aromatic heterocycles. The summed E-state index contributed by atoms with van der Waals surface area (Å²) in [5.41, 5.74) is 5.75. The van der Waals surface area contributed by atoms with Crippen molar-refractivity contribution in [3.8, 4) is 0 Å². The Bertz CT molecular complexity index is 230. The molecule has 1 fully saturated rings. The van der Waals surface area contributed by atoms with E-state index in [9.17, 15) is 4.79 Å². The van der Waals surface area contributed by atoms with Crippen LogP contribution in [0.1, 0.15) is 46.5 Å². The predicted octanol–water partition coefficient (Wildman–Crippen LogP) is 1.76. The monoisotopic (exact) mass is 212 g/mol. The highest BCUT2D eigenvalue weighted by Crippen LogP contribution is 2.38. The van der Waals surface area contributed by atoms with Gasteiger partial charge in [-0.15, -0.1) is 0 Å². The first-order valence-electron chi connectivity index (χ1n) is 6.11. The van der Waals surface area contributed by atoms with Gasteiger partial charge in [0.2, 0.25) is 5.91 Å². The highest BCUT2D eigenvalue weighted by molar-refractivity contribution is 5.83. The van der Waals surface area contributed by atoms with Crippen molar-refractivity contribution in [3.05, 3.63) is 0 Å². The van der Waals surface area contributed by atoms with Gasteiger partial charge in [-0.05, 0) is 33.1 Å². The fourth-order valence-electron chi connectivity index (χ4n) is 2.49. The minimum atomic E-state index is -0.300. The summed E-state index contributed by atoms with van der Waals surface area (Å²) in [7, 11) is 0. The van der Waals surface area contributed by atoms with E-state index in [2.05, 4.69) is 6.92 Å². The standard InChI is InChI=1S/C12H24N2O/c1-4-9-14(5-2)11(15)12(3)8-6-7-10(12)13/h10H,4-9,13H2,1-3H3. The third-order valence-electron chi connectivity index (χ3n) is 3.68. The van der Waals surface area contributed by atoms with Crippen LogP contribution in [0.5, 0.6) is 0 Å². The topological polar surface area (TPSA) is 46.3 Å². The van der Waals surface area contributed by atoms with Gasteiger partial charge in [0.15, 0.2) is 0 Å². The molecule has 0 heterocycles. The third-order valence-corrected chi connectivity index (χ3v) is 3.68. The van der Waals surface area contributed by atoms with E-state index >= 15 is 0 Å². The summed E-state index contributed by atoms with van der Waals surface area (Å²) < 4.78 is 0. The lowest BCUT2D eigenvalue weighted by atomic mass is 9.83. The predicted molar refractivity (Wildman–Crippen MR) is 62.5 cm³/mol. The fourth-order valence-corrected chi connectivity index (χ4v) is 2.49. The summed E-state index contributed by atoms with van der Waals surface area (Å²) in [6.45, 7) is 7.84. The van der Waals surface area contributed by atoms with Crippen LogP contribution in [0.25, 0.3) is 0 Å². The number of carbonyl (C=O) groups excluding carboxylic acids is 1. The van der Waals surface area contributed by atoms with Gasteiger partial charge in [0.05, 0.1) is 5.41 Å². The highest BCUT2D eigenvalue weighted by Gasteiger charge is 2.44. The van der Waals surface area contributed by atoms with E-state index in [1.165, 1.54) is 0 Å². The van der Waals surface area contributed by atoms with Gasteiger partial charge in [0.25, 0.3) is 0 Å². The molecular formula is C12H24N2O. The Kier molecular flexibility index (Phi) is 4.14. The molecule has 3 heteroatoms. The van der Waals surface area contributed by atoms with Crippen molar-refractivity contribution >= 4 is 5.91 Å². The molecule has 0 aliphatic heterocycles. The van der Waals surface area contributed by atoms with Crippen LogP contribution in [0, 0.1) is 5.41 Å². The van der Waals surface area contributed by atoms with Gasteiger partial charge in [-0.1, -0.05) is 13.3 Å². The largest absolute Gasteiger partial charge is 0.342 e. The van der Waals surface area contributed by atoms with E-state index in [1.807, 2.05) is 18.7 Å². The summed E-state index contributed by atoms with van der Waals surface area (Å²) in [4.78, 5) is 14.3. The molecule has 2 unspecified atom stereocenters. The molecule has 1 saturated carbocycles. The number of amides is 1. The van der Waals surface area contributed by atoms with Crippen LogP contribution in [0.4, 0.5) is 0 Å². The summed E-state index contributed by atoms with van der Waals surface area (Å²) in [6, 6.07) is 0.0518. The molecule has 3 nitrogen and oxygen atoms in total. The van der Waals surface area contributed by atoms with E-state index < -0.39 is 0 Å². The zero-order chi connectivity index (χ0) is 11.5. The lowest BCUT2D eigenvalue weighted by Gasteiger charge is -2.33. The lowest BCUT2D eigenvalue weighted by Crippen LogP contribution is -2.49. The number of nitrogens with zero attached hydrogens (tertiary/aromatic N) is 1. The average Bonchev–Trinajstić information content (AvgIpc) is 2.56. The molecule has 0 aromatic rings. The number of hydrogen-bond acceptors (Lipinski definition) is 2. The van der Waals surface area contributed by atoms with Crippen LogP contribution in [0.3, 0.4) is 0 Å². The Labute approximate surface area is 93.0 Å². The molecule has 1 aliphatic carbocycles. The molecule has 1 rings (SSSR count). The molecule has 1 amide bonds. The maximum Gasteiger partial charge on any atom is 0.230 e. The molecule has 0 saturated heterocycles. The Morgan fingerprint density at radius 1 is 1.53 bits per heavy atom. The second kappa shape index (κ2) is 4.97. The smallest absolute Gasteiger partial charge is 0.230 e. The number of rotatable bonds is 4. The van der Waals surface area contributed by atoms with Crippen molar-refractivity contribution in [2.75, 3.05) is 13.1 Å². The molecular weight excluding hydrogens is 188 g/mol. The SMILES string of the molecule is CCCN(CC)C(=O)C1(C)CCCC1N. The summed E-state index contributed by atoms with van der Waals surface area (Å²) in [5, 5.41) is 0. The van der Waals surface area contributed by atoms with Gasteiger partial charge >= 0.3 is 0 Å². The van der Waals surface area contributed by atoms with E-state index in [1.54, 1.807) is 0 Å². The van der Waals surface area contributed by atoms with Gasteiger partial charge < -0.3 is 10.6 Å². The minimum absolute atomic E-state index is 0.0518. The molecule has 0 radical (unpaired) electrons. The van der Waals surface area contributed by atoms with Crippen LogP contribution < -0.4 is 5.73 Å². The molecule has 1 aliphatic rings. The van der Waals surface area contributed by atoms with Gasteiger partial charge in [-0.25, -0.2) is 0 Å². The molecule has 15 heavy (non-hydrogen) atoms. The zero-order valence-electron chi connectivity index (χ0n) is 10.3. The zero-order valence-corrected chi connectivity index (χ0v) is 10.3. The second-order valence-electron chi connectivity index (χ2n) is 4.80. The first-order chi connectivity index (χ1) is 7.06. The molecule has 0 bridgehead atoms. The van der Waals surface area contributed by atoms with Crippen molar-refractivity contribution in [1.29, 1.82) is 0 Å². The van der Waals surface area contributed by atoms with E-state index in [0.717, 1.165) is 38.8 Å². The van der Waals surface area contributed by atoms with Crippen molar-refractivity contribution in [2.24, 2.45) is 11.1 Å². The molecule has 0 aromatic carbocycles. The third kappa shape index (κ3) is 2.33.